The zero-order valence-corrected chi connectivity index (χ0v) is 17.9. The summed E-state index contributed by atoms with van der Waals surface area (Å²) in [4.78, 5) is 40.1. The molecular weight excluding hydrogens is 392 g/mol. The first-order chi connectivity index (χ1) is 15.0. The van der Waals surface area contributed by atoms with Crippen LogP contribution in [0, 0.1) is 0 Å². The molecule has 0 fully saturated rings. The summed E-state index contributed by atoms with van der Waals surface area (Å²) in [5, 5.41) is 8.88. The monoisotopic (exact) mass is 420 g/mol. The second-order valence-corrected chi connectivity index (χ2v) is 7.90. The Morgan fingerprint density at radius 1 is 0.935 bits per heavy atom. The van der Waals surface area contributed by atoms with Crippen LogP contribution in [0.2, 0.25) is 0 Å². The van der Waals surface area contributed by atoms with Crippen molar-refractivity contribution in [1.29, 1.82) is 0 Å². The van der Waals surface area contributed by atoms with Gasteiger partial charge >= 0.3 is 0 Å². The molecule has 7 heteroatoms. The van der Waals surface area contributed by atoms with Crippen molar-refractivity contribution in [3.8, 4) is 0 Å². The summed E-state index contributed by atoms with van der Waals surface area (Å²) in [5.41, 5.74) is 2.01. The molecule has 0 amide bonds. The average Bonchev–Trinajstić information content (AvgIpc) is 3.21. The van der Waals surface area contributed by atoms with E-state index in [1.807, 2.05) is 30.3 Å². The van der Waals surface area contributed by atoms with E-state index in [1.165, 1.54) is 4.68 Å². The number of hydrogen-bond donors (Lipinski definition) is 0. The van der Waals surface area contributed by atoms with Crippen LogP contribution in [0.15, 0.2) is 42.7 Å². The standard InChI is InChI=1S/C24H28N4O3/c1-18(29)9-5-3-2-4-6-13-23(31)22-17-28(27-26-22)16-21(30)15-20-11-7-10-19-12-8-14-25-24(19)20/h7-8,10-12,14,17H,2-6,9,13,15-16H2,1H3. The highest BCUT2D eigenvalue weighted by Gasteiger charge is 2.13. The van der Waals surface area contributed by atoms with Gasteiger partial charge in [-0.1, -0.05) is 48.7 Å². The van der Waals surface area contributed by atoms with E-state index < -0.39 is 0 Å². The number of para-hydroxylation sites is 1. The number of unbranched alkanes of at least 4 members (excludes halogenated alkanes) is 4. The van der Waals surface area contributed by atoms with Crippen molar-refractivity contribution in [2.24, 2.45) is 0 Å². The predicted molar refractivity (Wildman–Crippen MR) is 118 cm³/mol. The minimum atomic E-state index is -0.0549. The van der Waals surface area contributed by atoms with Gasteiger partial charge in [0.05, 0.1) is 11.7 Å². The second-order valence-electron chi connectivity index (χ2n) is 7.90. The molecule has 0 radical (unpaired) electrons. The highest BCUT2D eigenvalue weighted by atomic mass is 16.1. The number of benzene rings is 1. The molecule has 3 rings (SSSR count). The third-order valence-electron chi connectivity index (χ3n) is 5.20. The van der Waals surface area contributed by atoms with E-state index in [9.17, 15) is 14.4 Å². The Balaban J connectivity index is 1.44. The molecule has 0 atom stereocenters. The first-order valence-electron chi connectivity index (χ1n) is 10.8. The lowest BCUT2D eigenvalue weighted by atomic mass is 10.0. The maximum atomic E-state index is 12.5. The highest BCUT2D eigenvalue weighted by Crippen LogP contribution is 2.17. The van der Waals surface area contributed by atoms with Crippen molar-refractivity contribution in [2.45, 2.75) is 64.8 Å². The molecule has 31 heavy (non-hydrogen) atoms. The van der Waals surface area contributed by atoms with Crippen LogP contribution in [0.3, 0.4) is 0 Å². The number of rotatable bonds is 13. The average molecular weight is 421 g/mol. The van der Waals surface area contributed by atoms with Crippen molar-refractivity contribution in [2.75, 3.05) is 0 Å². The predicted octanol–water partition coefficient (Wildman–Crippen LogP) is 4.14. The summed E-state index contributed by atoms with van der Waals surface area (Å²) in [5.74, 6) is 0.152. The Kier molecular flexibility index (Phi) is 8.15. The largest absolute Gasteiger partial charge is 0.300 e. The Morgan fingerprint density at radius 3 is 2.48 bits per heavy atom. The van der Waals surface area contributed by atoms with Crippen LogP contribution >= 0.6 is 0 Å². The number of nitrogens with zero attached hydrogens (tertiary/aromatic N) is 4. The van der Waals surface area contributed by atoms with E-state index in [0.29, 0.717) is 18.5 Å². The third kappa shape index (κ3) is 6.91. The Labute approximate surface area is 181 Å². The lowest BCUT2D eigenvalue weighted by Gasteiger charge is -2.05. The lowest BCUT2D eigenvalue weighted by Crippen LogP contribution is -2.13. The summed E-state index contributed by atoms with van der Waals surface area (Å²) < 4.78 is 1.43. The summed E-state index contributed by atoms with van der Waals surface area (Å²) in [6.45, 7) is 1.68. The molecule has 0 saturated heterocycles. The first kappa shape index (κ1) is 22.5. The van der Waals surface area contributed by atoms with Gasteiger partial charge in [-0.05, 0) is 31.4 Å². The molecule has 3 aromatic rings. The number of ketones is 3. The van der Waals surface area contributed by atoms with Crippen LogP contribution in [-0.2, 0) is 22.6 Å². The topological polar surface area (TPSA) is 94.8 Å². The van der Waals surface area contributed by atoms with Gasteiger partial charge < -0.3 is 4.79 Å². The number of pyridine rings is 1. The van der Waals surface area contributed by atoms with Crippen molar-refractivity contribution >= 4 is 28.3 Å². The number of carbonyl (C=O) groups is 3. The van der Waals surface area contributed by atoms with E-state index >= 15 is 0 Å². The Hall–Kier alpha value is -3.22. The van der Waals surface area contributed by atoms with Crippen molar-refractivity contribution in [1.82, 2.24) is 20.0 Å². The molecule has 0 aliphatic heterocycles. The van der Waals surface area contributed by atoms with Gasteiger partial charge in [0.1, 0.15) is 18.0 Å². The fourth-order valence-corrected chi connectivity index (χ4v) is 3.58. The van der Waals surface area contributed by atoms with Crippen LogP contribution in [0.1, 0.15) is 67.9 Å². The van der Waals surface area contributed by atoms with E-state index in [1.54, 1.807) is 19.3 Å². The van der Waals surface area contributed by atoms with E-state index in [2.05, 4.69) is 15.3 Å². The van der Waals surface area contributed by atoms with Gasteiger partial charge in [-0.3, -0.25) is 14.6 Å². The molecule has 0 unspecified atom stereocenters. The molecule has 162 valence electrons. The second kappa shape index (κ2) is 11.2. The van der Waals surface area contributed by atoms with E-state index in [-0.39, 0.29) is 30.3 Å². The van der Waals surface area contributed by atoms with Gasteiger partial charge in [-0.2, -0.15) is 0 Å². The minimum Gasteiger partial charge on any atom is -0.300 e. The molecule has 0 spiro atoms. The molecule has 2 aromatic heterocycles. The Bertz CT molecular complexity index is 1050. The van der Waals surface area contributed by atoms with Gasteiger partial charge in [0, 0.05) is 30.8 Å². The number of hydrogen-bond acceptors (Lipinski definition) is 6. The molecule has 0 aliphatic rings. The quantitative estimate of drug-likeness (QED) is 0.305. The SMILES string of the molecule is CC(=O)CCCCCCCC(=O)c1cn(CC(=O)Cc2cccc3cccnc23)nn1. The van der Waals surface area contributed by atoms with Gasteiger partial charge in [-0.15, -0.1) is 5.10 Å². The van der Waals surface area contributed by atoms with Gasteiger partial charge in [0.15, 0.2) is 11.6 Å². The van der Waals surface area contributed by atoms with Crippen LogP contribution in [0.5, 0.6) is 0 Å². The molecule has 1 aromatic carbocycles. The van der Waals surface area contributed by atoms with Crippen molar-refractivity contribution in [3.05, 3.63) is 54.0 Å². The molecular formula is C24H28N4O3. The van der Waals surface area contributed by atoms with Crippen LogP contribution < -0.4 is 0 Å². The van der Waals surface area contributed by atoms with E-state index in [4.69, 9.17) is 0 Å². The van der Waals surface area contributed by atoms with Crippen molar-refractivity contribution in [3.63, 3.8) is 0 Å². The van der Waals surface area contributed by atoms with Crippen LogP contribution in [-0.4, -0.2) is 37.3 Å². The van der Waals surface area contributed by atoms with Gasteiger partial charge in [0.25, 0.3) is 0 Å². The number of aromatic nitrogens is 4. The zero-order chi connectivity index (χ0) is 22.1. The van der Waals surface area contributed by atoms with Gasteiger partial charge in [-0.25, -0.2) is 4.68 Å². The number of carbonyl (C=O) groups excluding carboxylic acids is 3. The smallest absolute Gasteiger partial charge is 0.184 e. The normalized spacial score (nSPS) is 11.0. The fraction of sp³-hybridized carbons (Fsp3) is 0.417. The van der Waals surface area contributed by atoms with Crippen LogP contribution in [0.25, 0.3) is 10.9 Å². The van der Waals surface area contributed by atoms with Gasteiger partial charge in [0.2, 0.25) is 0 Å². The Morgan fingerprint density at radius 2 is 1.68 bits per heavy atom. The molecule has 7 nitrogen and oxygen atoms in total. The molecule has 0 saturated carbocycles. The van der Waals surface area contributed by atoms with Crippen LogP contribution in [0.4, 0.5) is 0 Å². The summed E-state index contributed by atoms with van der Waals surface area (Å²) in [6.07, 6.45) is 9.27. The van der Waals surface area contributed by atoms with E-state index in [0.717, 1.165) is 48.6 Å². The lowest BCUT2D eigenvalue weighted by molar-refractivity contribution is -0.119. The third-order valence-corrected chi connectivity index (χ3v) is 5.20. The summed E-state index contributed by atoms with van der Waals surface area (Å²) in [6, 6.07) is 9.64. The van der Waals surface area contributed by atoms with Crippen molar-refractivity contribution < 1.29 is 14.4 Å². The molecule has 0 aliphatic carbocycles. The molecule has 0 N–H and O–H groups in total. The zero-order valence-electron chi connectivity index (χ0n) is 17.9. The fourth-order valence-electron chi connectivity index (χ4n) is 3.58. The highest BCUT2D eigenvalue weighted by molar-refractivity contribution is 5.94. The summed E-state index contributed by atoms with van der Waals surface area (Å²) >= 11 is 0. The molecule has 0 bridgehead atoms. The molecule has 2 heterocycles. The maximum Gasteiger partial charge on any atom is 0.184 e. The number of Topliss-reactive ketones (excluding diaryl/α,β-unsaturated/α-hetero) is 3. The maximum absolute atomic E-state index is 12.5. The minimum absolute atomic E-state index is 0.0207. The number of fused-ring (bicyclic) bond motifs is 1. The first-order valence-corrected chi connectivity index (χ1v) is 10.8. The summed E-state index contributed by atoms with van der Waals surface area (Å²) in [7, 11) is 0.